The SMILES string of the molecule is CC(C)Oc1ccc(NC(=O)[C@@H]2C[C@@H]3CC[C@H]2N(S(=O)(=O)c2cn(C)cn2)C3)nc1. The van der Waals surface area contributed by atoms with E-state index in [2.05, 4.69) is 15.3 Å². The fourth-order valence-corrected chi connectivity index (χ4v) is 6.09. The van der Waals surface area contributed by atoms with Crippen molar-refractivity contribution in [2.24, 2.45) is 18.9 Å². The van der Waals surface area contributed by atoms with E-state index in [0.717, 1.165) is 6.42 Å². The Kier molecular flexibility index (Phi) is 5.54. The van der Waals surface area contributed by atoms with E-state index in [0.29, 0.717) is 31.0 Å². The van der Waals surface area contributed by atoms with Gasteiger partial charge in [-0.2, -0.15) is 4.31 Å². The number of nitrogens with zero attached hydrogens (tertiary/aromatic N) is 4. The van der Waals surface area contributed by atoms with Crippen LogP contribution >= 0.6 is 0 Å². The molecule has 2 aromatic heterocycles. The molecule has 3 atom stereocenters. The monoisotopic (exact) mass is 433 g/mol. The molecule has 0 spiro atoms. The number of carbonyl (C=O) groups is 1. The van der Waals surface area contributed by atoms with Gasteiger partial charge in [-0.15, -0.1) is 0 Å². The highest BCUT2D eigenvalue weighted by Gasteiger charge is 2.49. The van der Waals surface area contributed by atoms with Gasteiger partial charge in [0.15, 0.2) is 5.03 Å². The van der Waals surface area contributed by atoms with E-state index in [1.54, 1.807) is 29.9 Å². The first-order valence-electron chi connectivity index (χ1n) is 10.2. The van der Waals surface area contributed by atoms with Crippen LogP contribution in [0.4, 0.5) is 5.82 Å². The minimum absolute atomic E-state index is 0.0270. The first kappa shape index (κ1) is 20.8. The second kappa shape index (κ2) is 7.99. The van der Waals surface area contributed by atoms with E-state index in [-0.39, 0.29) is 29.0 Å². The van der Waals surface area contributed by atoms with Crippen LogP contribution in [0.25, 0.3) is 0 Å². The zero-order chi connectivity index (χ0) is 21.5. The Labute approximate surface area is 176 Å². The summed E-state index contributed by atoms with van der Waals surface area (Å²) in [7, 11) is -2.01. The minimum Gasteiger partial charge on any atom is -0.489 e. The molecule has 1 N–H and O–H groups in total. The van der Waals surface area contributed by atoms with Gasteiger partial charge >= 0.3 is 0 Å². The summed E-state index contributed by atoms with van der Waals surface area (Å²) < 4.78 is 34.9. The molecule has 3 fully saturated rings. The molecule has 5 rings (SSSR count). The summed E-state index contributed by atoms with van der Waals surface area (Å²) in [5.41, 5.74) is 0. The van der Waals surface area contributed by atoms with Gasteiger partial charge < -0.3 is 14.6 Å². The van der Waals surface area contributed by atoms with Crippen LogP contribution in [0.2, 0.25) is 0 Å². The molecule has 2 saturated heterocycles. The van der Waals surface area contributed by atoms with Crippen molar-refractivity contribution in [2.75, 3.05) is 11.9 Å². The molecule has 3 aliphatic rings. The van der Waals surface area contributed by atoms with Gasteiger partial charge in [0.2, 0.25) is 5.91 Å². The highest BCUT2D eigenvalue weighted by molar-refractivity contribution is 7.89. The summed E-state index contributed by atoms with van der Waals surface area (Å²) in [6.45, 7) is 4.30. The number of carbonyl (C=O) groups excluding carboxylic acids is 1. The van der Waals surface area contributed by atoms with E-state index in [9.17, 15) is 13.2 Å². The Morgan fingerprint density at radius 1 is 1.27 bits per heavy atom. The maximum Gasteiger partial charge on any atom is 0.262 e. The van der Waals surface area contributed by atoms with Gasteiger partial charge in [0.1, 0.15) is 11.6 Å². The number of nitrogens with one attached hydrogen (secondary N) is 1. The number of hydrogen-bond acceptors (Lipinski definition) is 6. The fraction of sp³-hybridized carbons (Fsp3) is 0.550. The van der Waals surface area contributed by atoms with Gasteiger partial charge in [0.05, 0.1) is 24.5 Å². The molecule has 162 valence electrons. The molecule has 1 aliphatic carbocycles. The Hall–Kier alpha value is -2.46. The molecule has 1 amide bonds. The second-order valence-corrected chi connectivity index (χ2v) is 10.2. The number of anilines is 1. The molecule has 0 radical (unpaired) electrons. The molecule has 1 saturated carbocycles. The molecule has 2 aliphatic heterocycles. The maximum atomic E-state index is 13.1. The minimum atomic E-state index is -3.74. The van der Waals surface area contributed by atoms with Crippen molar-refractivity contribution in [3.05, 3.63) is 30.9 Å². The lowest BCUT2D eigenvalue weighted by atomic mass is 9.73. The van der Waals surface area contributed by atoms with E-state index < -0.39 is 15.9 Å². The lowest BCUT2D eigenvalue weighted by molar-refractivity contribution is -0.125. The van der Waals surface area contributed by atoms with E-state index in [1.807, 2.05) is 13.8 Å². The molecule has 9 nitrogen and oxygen atoms in total. The lowest BCUT2D eigenvalue weighted by Gasteiger charge is -2.47. The van der Waals surface area contributed by atoms with Gasteiger partial charge in [-0.05, 0) is 51.2 Å². The number of pyridine rings is 1. The van der Waals surface area contributed by atoms with Crippen molar-refractivity contribution in [3.8, 4) is 5.75 Å². The average Bonchev–Trinajstić information content (AvgIpc) is 3.16. The number of imidazole rings is 1. The first-order chi connectivity index (χ1) is 14.2. The van der Waals surface area contributed by atoms with Crippen LogP contribution in [-0.2, 0) is 21.9 Å². The van der Waals surface area contributed by atoms with Crippen LogP contribution in [-0.4, -0.2) is 51.9 Å². The number of amides is 1. The molecule has 30 heavy (non-hydrogen) atoms. The molecule has 4 heterocycles. The third-order valence-electron chi connectivity index (χ3n) is 5.68. The summed E-state index contributed by atoms with van der Waals surface area (Å²) >= 11 is 0. The summed E-state index contributed by atoms with van der Waals surface area (Å²) in [6, 6.07) is 3.08. The third-order valence-corrected chi connectivity index (χ3v) is 7.46. The normalized spacial score (nSPS) is 24.2. The van der Waals surface area contributed by atoms with Crippen molar-refractivity contribution in [2.45, 2.75) is 50.3 Å². The van der Waals surface area contributed by atoms with Crippen LogP contribution in [0.1, 0.15) is 33.1 Å². The summed E-state index contributed by atoms with van der Waals surface area (Å²) in [5, 5.41) is 2.87. The fourth-order valence-electron chi connectivity index (χ4n) is 4.36. The second-order valence-electron chi connectivity index (χ2n) is 8.34. The standard InChI is InChI=1S/C20H27N5O4S/c1-13(2)29-15-5-7-18(21-9-15)23-20(26)16-8-14-4-6-17(16)25(10-14)30(27,28)19-11-24(3)12-22-19/h5,7,9,11-14,16-17H,4,6,8,10H2,1-3H3,(H,21,23,26)/t14-,16+,17+/m0/s1. The van der Waals surface area contributed by atoms with Crippen LogP contribution in [0.15, 0.2) is 35.9 Å². The third kappa shape index (κ3) is 4.06. The number of fused-ring (bicyclic) bond motifs is 3. The summed E-state index contributed by atoms with van der Waals surface area (Å²) in [6.07, 6.45) is 6.86. The van der Waals surface area contributed by atoms with Crippen molar-refractivity contribution in [3.63, 3.8) is 0 Å². The van der Waals surface area contributed by atoms with Gasteiger partial charge in [-0.25, -0.2) is 18.4 Å². The molecule has 10 heteroatoms. The topological polar surface area (TPSA) is 106 Å². The number of rotatable bonds is 6. The maximum absolute atomic E-state index is 13.1. The number of hydrogen-bond donors (Lipinski definition) is 1. The van der Waals surface area contributed by atoms with Gasteiger partial charge in [0.25, 0.3) is 10.0 Å². The van der Waals surface area contributed by atoms with Crippen LogP contribution in [0, 0.1) is 11.8 Å². The van der Waals surface area contributed by atoms with Crippen molar-refractivity contribution in [1.82, 2.24) is 18.8 Å². The van der Waals surface area contributed by atoms with Crippen LogP contribution in [0.5, 0.6) is 5.75 Å². The van der Waals surface area contributed by atoms with E-state index >= 15 is 0 Å². The Bertz CT molecular complexity index is 1020. The highest BCUT2D eigenvalue weighted by Crippen LogP contribution is 2.42. The number of ether oxygens (including phenoxy) is 1. The Balaban J connectivity index is 1.50. The van der Waals surface area contributed by atoms with Crippen LogP contribution in [0.3, 0.4) is 0 Å². The average molecular weight is 434 g/mol. The smallest absolute Gasteiger partial charge is 0.262 e. The van der Waals surface area contributed by atoms with E-state index in [4.69, 9.17) is 4.74 Å². The predicted molar refractivity (Wildman–Crippen MR) is 110 cm³/mol. The van der Waals surface area contributed by atoms with Gasteiger partial charge in [-0.1, -0.05) is 0 Å². The number of piperidine rings is 2. The molecular formula is C20H27N5O4S. The molecule has 2 bridgehead atoms. The first-order valence-corrected chi connectivity index (χ1v) is 11.6. The zero-order valence-corrected chi connectivity index (χ0v) is 18.2. The largest absolute Gasteiger partial charge is 0.489 e. The van der Waals surface area contributed by atoms with Crippen molar-refractivity contribution < 1.29 is 17.9 Å². The van der Waals surface area contributed by atoms with Crippen molar-refractivity contribution >= 4 is 21.7 Å². The van der Waals surface area contributed by atoms with Crippen LogP contribution < -0.4 is 10.1 Å². The Morgan fingerprint density at radius 2 is 2.07 bits per heavy atom. The summed E-state index contributed by atoms with van der Waals surface area (Å²) in [4.78, 5) is 21.3. The lowest BCUT2D eigenvalue weighted by Crippen LogP contribution is -2.57. The molecule has 0 aromatic carbocycles. The quantitative estimate of drug-likeness (QED) is 0.747. The number of aromatic nitrogens is 3. The molecule has 2 aromatic rings. The zero-order valence-electron chi connectivity index (χ0n) is 17.4. The van der Waals surface area contributed by atoms with E-state index in [1.165, 1.54) is 16.8 Å². The van der Waals surface area contributed by atoms with Crippen molar-refractivity contribution in [1.29, 1.82) is 0 Å². The van der Waals surface area contributed by atoms with Gasteiger partial charge in [0, 0.05) is 25.8 Å². The molecular weight excluding hydrogens is 406 g/mol. The summed E-state index contributed by atoms with van der Waals surface area (Å²) in [5.74, 6) is 0.614. The highest BCUT2D eigenvalue weighted by atomic mass is 32.2. The number of aryl methyl sites for hydroxylation is 1. The Morgan fingerprint density at radius 3 is 2.67 bits per heavy atom. The predicted octanol–water partition coefficient (Wildman–Crippen LogP) is 2.03. The van der Waals surface area contributed by atoms with Gasteiger partial charge in [-0.3, -0.25) is 4.79 Å². The molecule has 0 unspecified atom stereocenters. The number of sulfonamides is 1.